The van der Waals surface area contributed by atoms with Gasteiger partial charge in [-0.05, 0) is 42.8 Å². The molecule has 22 heavy (non-hydrogen) atoms. The number of anilines is 1. The lowest BCUT2D eigenvalue weighted by Gasteiger charge is -2.10. The first-order valence-electron chi connectivity index (χ1n) is 7.15. The third-order valence-electron chi connectivity index (χ3n) is 3.72. The molecule has 0 fully saturated rings. The van der Waals surface area contributed by atoms with Gasteiger partial charge >= 0.3 is 0 Å². The molecule has 3 N–H and O–H groups in total. The molecule has 2 aromatic carbocycles. The average molecular weight is 297 g/mol. The Morgan fingerprint density at radius 3 is 2.77 bits per heavy atom. The molecule has 5 heteroatoms. The van der Waals surface area contributed by atoms with Gasteiger partial charge in [-0.3, -0.25) is 0 Å². The van der Waals surface area contributed by atoms with Crippen molar-refractivity contribution in [2.45, 2.75) is 13.5 Å². The third-order valence-corrected chi connectivity index (χ3v) is 3.72. The largest absolute Gasteiger partial charge is 0.495 e. The van der Waals surface area contributed by atoms with Crippen LogP contribution in [0, 0.1) is 6.92 Å². The Morgan fingerprint density at radius 1 is 1.23 bits per heavy atom. The molecule has 0 spiro atoms. The van der Waals surface area contributed by atoms with Crippen LogP contribution in [0.5, 0.6) is 5.75 Å². The summed E-state index contributed by atoms with van der Waals surface area (Å²) >= 11 is 0. The predicted octanol–water partition coefficient (Wildman–Crippen LogP) is 2.59. The molecule has 114 valence electrons. The quantitative estimate of drug-likeness (QED) is 0.726. The number of nitrogens with two attached hydrogens (primary N) is 1. The lowest BCUT2D eigenvalue weighted by Crippen LogP contribution is -2.04. The van der Waals surface area contributed by atoms with Crippen molar-refractivity contribution in [2.75, 3.05) is 19.5 Å². The molecule has 0 aliphatic heterocycles. The molecular weight excluding hydrogens is 278 g/mol. The van der Waals surface area contributed by atoms with Crippen LogP contribution in [0.3, 0.4) is 0 Å². The molecule has 1 aromatic heterocycles. The maximum absolute atomic E-state index is 9.38. The van der Waals surface area contributed by atoms with Gasteiger partial charge in [-0.2, -0.15) is 0 Å². The highest BCUT2D eigenvalue weighted by Crippen LogP contribution is 2.30. The van der Waals surface area contributed by atoms with Crippen LogP contribution in [0.1, 0.15) is 5.56 Å². The highest BCUT2D eigenvalue weighted by Gasteiger charge is 2.14. The average Bonchev–Trinajstić information content (AvgIpc) is 2.86. The van der Waals surface area contributed by atoms with Crippen molar-refractivity contribution in [1.29, 1.82) is 0 Å². The molecule has 0 bridgehead atoms. The van der Waals surface area contributed by atoms with Gasteiger partial charge in [0.1, 0.15) is 11.6 Å². The zero-order chi connectivity index (χ0) is 15.7. The number of aromatic nitrogens is 2. The minimum atomic E-state index is 0.0540. The van der Waals surface area contributed by atoms with E-state index >= 15 is 0 Å². The predicted molar refractivity (Wildman–Crippen MR) is 88.0 cm³/mol. The first-order chi connectivity index (χ1) is 10.6. The molecule has 3 aromatic rings. The highest BCUT2D eigenvalue weighted by atomic mass is 16.5. The minimum absolute atomic E-state index is 0.0540. The Kier molecular flexibility index (Phi) is 3.73. The number of nitrogens with zero attached hydrogens (tertiary/aromatic N) is 2. The van der Waals surface area contributed by atoms with E-state index in [1.165, 1.54) is 0 Å². The number of benzene rings is 2. The summed E-state index contributed by atoms with van der Waals surface area (Å²) in [7, 11) is 1.59. The number of rotatable bonds is 4. The van der Waals surface area contributed by atoms with Gasteiger partial charge < -0.3 is 20.1 Å². The van der Waals surface area contributed by atoms with Gasteiger partial charge in [-0.25, -0.2) is 4.98 Å². The molecular formula is C17H19N3O2. The van der Waals surface area contributed by atoms with Crippen LogP contribution in [0.2, 0.25) is 0 Å². The summed E-state index contributed by atoms with van der Waals surface area (Å²) in [6.07, 6.45) is 0. The topological polar surface area (TPSA) is 73.3 Å². The molecule has 0 aliphatic rings. The fraction of sp³-hybridized carbons (Fsp3) is 0.235. The molecule has 0 aliphatic carbocycles. The molecule has 0 radical (unpaired) electrons. The van der Waals surface area contributed by atoms with E-state index < -0.39 is 0 Å². The second kappa shape index (κ2) is 5.69. The number of nitrogen functional groups attached to an aromatic ring is 1. The number of hydrogen-bond donors (Lipinski definition) is 2. The summed E-state index contributed by atoms with van der Waals surface area (Å²) in [5, 5.41) is 9.38. The smallest absolute Gasteiger partial charge is 0.142 e. The zero-order valence-electron chi connectivity index (χ0n) is 12.7. The summed E-state index contributed by atoms with van der Waals surface area (Å²) in [6.45, 7) is 2.58. The van der Waals surface area contributed by atoms with E-state index in [9.17, 15) is 5.11 Å². The van der Waals surface area contributed by atoms with Crippen LogP contribution >= 0.6 is 0 Å². The molecule has 5 nitrogen and oxygen atoms in total. The van der Waals surface area contributed by atoms with Crippen molar-refractivity contribution in [1.82, 2.24) is 9.55 Å². The van der Waals surface area contributed by atoms with E-state index in [-0.39, 0.29) is 6.61 Å². The van der Waals surface area contributed by atoms with Crippen LogP contribution in [0.15, 0.2) is 36.4 Å². The molecule has 3 rings (SSSR count). The van der Waals surface area contributed by atoms with Crippen molar-refractivity contribution in [3.63, 3.8) is 0 Å². The van der Waals surface area contributed by atoms with Gasteiger partial charge in [0.05, 0.1) is 30.4 Å². The second-order valence-electron chi connectivity index (χ2n) is 5.26. The molecule has 0 saturated carbocycles. The number of imidazole rings is 1. The normalized spacial score (nSPS) is 11.0. The van der Waals surface area contributed by atoms with Gasteiger partial charge in [-0.15, -0.1) is 0 Å². The fourth-order valence-corrected chi connectivity index (χ4v) is 2.64. The number of ether oxygens (including phenoxy) is 1. The minimum Gasteiger partial charge on any atom is -0.495 e. The van der Waals surface area contributed by atoms with E-state index in [0.29, 0.717) is 18.0 Å². The number of hydrogen-bond acceptors (Lipinski definition) is 4. The Hall–Kier alpha value is -2.53. The summed E-state index contributed by atoms with van der Waals surface area (Å²) in [6, 6.07) is 11.7. The van der Waals surface area contributed by atoms with Crippen molar-refractivity contribution in [3.05, 3.63) is 42.0 Å². The van der Waals surface area contributed by atoms with Gasteiger partial charge in [0.2, 0.25) is 0 Å². The van der Waals surface area contributed by atoms with E-state index in [4.69, 9.17) is 15.5 Å². The van der Waals surface area contributed by atoms with Gasteiger partial charge in [0.25, 0.3) is 0 Å². The number of methoxy groups -OCH3 is 1. The highest BCUT2D eigenvalue weighted by molar-refractivity contribution is 5.82. The lowest BCUT2D eigenvalue weighted by molar-refractivity contribution is 0.278. The van der Waals surface area contributed by atoms with Crippen LogP contribution in [-0.4, -0.2) is 28.4 Å². The van der Waals surface area contributed by atoms with E-state index in [1.54, 1.807) is 7.11 Å². The number of aryl methyl sites for hydroxylation is 1. The SMILES string of the molecule is COc1cc(-c2nc3cc(C)ccc3n2CCO)ccc1N. The van der Waals surface area contributed by atoms with E-state index in [2.05, 4.69) is 0 Å². The van der Waals surface area contributed by atoms with Crippen LogP contribution < -0.4 is 10.5 Å². The number of aliphatic hydroxyl groups is 1. The van der Waals surface area contributed by atoms with Gasteiger partial charge in [0.15, 0.2) is 0 Å². The maximum Gasteiger partial charge on any atom is 0.142 e. The lowest BCUT2D eigenvalue weighted by atomic mass is 10.1. The van der Waals surface area contributed by atoms with Crippen molar-refractivity contribution >= 4 is 16.7 Å². The van der Waals surface area contributed by atoms with E-state index in [1.807, 2.05) is 47.9 Å². The van der Waals surface area contributed by atoms with Gasteiger partial charge in [0, 0.05) is 12.1 Å². The van der Waals surface area contributed by atoms with Crippen LogP contribution in [0.25, 0.3) is 22.4 Å². The fourth-order valence-electron chi connectivity index (χ4n) is 2.64. The summed E-state index contributed by atoms with van der Waals surface area (Å²) in [4.78, 5) is 4.72. The van der Waals surface area contributed by atoms with Crippen LogP contribution in [-0.2, 0) is 6.54 Å². The third kappa shape index (κ3) is 2.40. The molecule has 0 atom stereocenters. The number of aliphatic hydroxyl groups excluding tert-OH is 1. The maximum atomic E-state index is 9.38. The number of fused-ring (bicyclic) bond motifs is 1. The zero-order valence-corrected chi connectivity index (χ0v) is 12.7. The summed E-state index contributed by atoms with van der Waals surface area (Å²) in [5.74, 6) is 1.42. The Morgan fingerprint density at radius 2 is 2.05 bits per heavy atom. The Bertz CT molecular complexity index is 824. The molecule has 0 saturated heterocycles. The molecule has 0 unspecified atom stereocenters. The standard InChI is InChI=1S/C17H19N3O2/c1-11-3-6-15-14(9-11)19-17(20(15)7-8-21)12-4-5-13(18)16(10-12)22-2/h3-6,9-10,21H,7-8,18H2,1-2H3. The first kappa shape index (κ1) is 14.4. The van der Waals surface area contributed by atoms with Crippen molar-refractivity contribution in [2.24, 2.45) is 0 Å². The first-order valence-corrected chi connectivity index (χ1v) is 7.15. The van der Waals surface area contributed by atoms with Crippen molar-refractivity contribution < 1.29 is 9.84 Å². The summed E-state index contributed by atoms with van der Waals surface area (Å²) in [5.41, 5.74) is 10.5. The van der Waals surface area contributed by atoms with Gasteiger partial charge in [-0.1, -0.05) is 6.07 Å². The Balaban J connectivity index is 2.22. The molecule has 1 heterocycles. The summed E-state index contributed by atoms with van der Waals surface area (Å²) < 4.78 is 7.30. The van der Waals surface area contributed by atoms with Crippen molar-refractivity contribution in [3.8, 4) is 17.1 Å². The molecule has 0 amide bonds. The monoisotopic (exact) mass is 297 g/mol. The van der Waals surface area contributed by atoms with E-state index in [0.717, 1.165) is 28.0 Å². The second-order valence-corrected chi connectivity index (χ2v) is 5.26. The van der Waals surface area contributed by atoms with Crippen LogP contribution in [0.4, 0.5) is 5.69 Å². The Labute approximate surface area is 129 Å².